The number of aryl methyl sites for hydroxylation is 2. The predicted octanol–water partition coefficient (Wildman–Crippen LogP) is 2.89. The zero-order valence-electron chi connectivity index (χ0n) is 15.1. The SMILES string of the molecule is Cc1cc(C(=O)NCCCc2ccc(F)cc2)ccc1N(C)S(C)(=O)=O. The molecule has 0 saturated carbocycles. The first kappa shape index (κ1) is 19.9. The topological polar surface area (TPSA) is 66.5 Å². The van der Waals surface area contributed by atoms with Crippen molar-refractivity contribution < 1.29 is 17.6 Å². The molecule has 0 atom stereocenters. The minimum atomic E-state index is -3.35. The molecule has 0 radical (unpaired) electrons. The maximum absolute atomic E-state index is 12.9. The molecule has 0 aliphatic rings. The molecule has 0 spiro atoms. The molecule has 0 fully saturated rings. The minimum Gasteiger partial charge on any atom is -0.352 e. The van der Waals surface area contributed by atoms with Gasteiger partial charge in [0.2, 0.25) is 10.0 Å². The van der Waals surface area contributed by atoms with E-state index in [0.29, 0.717) is 23.4 Å². The lowest BCUT2D eigenvalue weighted by molar-refractivity contribution is 0.0953. The van der Waals surface area contributed by atoms with Crippen molar-refractivity contribution in [3.8, 4) is 0 Å². The number of hydrogen-bond donors (Lipinski definition) is 1. The third-order valence-corrected chi connectivity index (χ3v) is 5.33. The van der Waals surface area contributed by atoms with Gasteiger partial charge in [0.1, 0.15) is 5.82 Å². The number of amides is 1. The molecule has 26 heavy (non-hydrogen) atoms. The summed E-state index contributed by atoms with van der Waals surface area (Å²) < 4.78 is 37.3. The Bertz CT molecular complexity index is 880. The number of benzene rings is 2. The molecule has 0 saturated heterocycles. The van der Waals surface area contributed by atoms with Crippen molar-refractivity contribution in [3.05, 3.63) is 65.0 Å². The molecule has 0 aliphatic heterocycles. The Morgan fingerprint density at radius 3 is 2.38 bits per heavy atom. The third kappa shape index (κ3) is 5.29. The van der Waals surface area contributed by atoms with Crippen LogP contribution in [0.25, 0.3) is 0 Å². The molecule has 140 valence electrons. The van der Waals surface area contributed by atoms with E-state index in [0.717, 1.165) is 24.7 Å². The van der Waals surface area contributed by atoms with Crippen LogP contribution in [0.15, 0.2) is 42.5 Å². The van der Waals surface area contributed by atoms with E-state index in [2.05, 4.69) is 5.32 Å². The molecular weight excluding hydrogens is 355 g/mol. The molecule has 0 aliphatic carbocycles. The van der Waals surface area contributed by atoms with Gasteiger partial charge in [0.25, 0.3) is 5.91 Å². The molecule has 1 N–H and O–H groups in total. The fourth-order valence-corrected chi connectivity index (χ4v) is 3.14. The Morgan fingerprint density at radius 2 is 1.81 bits per heavy atom. The molecule has 0 heterocycles. The average molecular weight is 378 g/mol. The molecule has 2 aromatic rings. The van der Waals surface area contributed by atoms with Crippen LogP contribution in [0.3, 0.4) is 0 Å². The second-order valence-corrected chi connectivity index (χ2v) is 8.23. The lowest BCUT2D eigenvalue weighted by atomic mass is 10.1. The lowest BCUT2D eigenvalue weighted by Gasteiger charge is -2.19. The molecule has 1 amide bonds. The summed E-state index contributed by atoms with van der Waals surface area (Å²) in [4.78, 5) is 12.2. The number of rotatable bonds is 7. The number of carbonyl (C=O) groups excluding carboxylic acids is 1. The van der Waals surface area contributed by atoms with Crippen LogP contribution in [0.5, 0.6) is 0 Å². The van der Waals surface area contributed by atoms with Crippen LogP contribution >= 0.6 is 0 Å². The zero-order valence-corrected chi connectivity index (χ0v) is 15.9. The molecule has 0 bridgehead atoms. The number of halogens is 1. The predicted molar refractivity (Wildman–Crippen MR) is 101 cm³/mol. The largest absolute Gasteiger partial charge is 0.352 e. The Labute approximate surface area is 153 Å². The highest BCUT2D eigenvalue weighted by molar-refractivity contribution is 7.92. The van der Waals surface area contributed by atoms with Gasteiger partial charge in [0.05, 0.1) is 11.9 Å². The molecule has 7 heteroatoms. The van der Waals surface area contributed by atoms with Gasteiger partial charge in [0.15, 0.2) is 0 Å². The van der Waals surface area contributed by atoms with E-state index in [4.69, 9.17) is 0 Å². The number of anilines is 1. The van der Waals surface area contributed by atoms with Gasteiger partial charge in [-0.25, -0.2) is 12.8 Å². The molecule has 5 nitrogen and oxygen atoms in total. The van der Waals surface area contributed by atoms with Crippen LogP contribution in [0.2, 0.25) is 0 Å². The Hall–Kier alpha value is -2.41. The van der Waals surface area contributed by atoms with Gasteiger partial charge in [-0.1, -0.05) is 12.1 Å². The van der Waals surface area contributed by atoms with Gasteiger partial charge in [-0.05, 0) is 61.2 Å². The summed E-state index contributed by atoms with van der Waals surface area (Å²) in [6.45, 7) is 2.27. The van der Waals surface area contributed by atoms with Gasteiger partial charge in [-0.3, -0.25) is 9.10 Å². The van der Waals surface area contributed by atoms with E-state index in [9.17, 15) is 17.6 Å². The summed E-state index contributed by atoms with van der Waals surface area (Å²) in [6.07, 6.45) is 2.62. The number of sulfonamides is 1. The standard InChI is InChI=1S/C19H23FN2O3S/c1-14-13-16(8-11-18(14)22(2)26(3,24)25)19(23)21-12-4-5-15-6-9-17(20)10-7-15/h6-11,13H,4-5,12H2,1-3H3,(H,21,23). The summed E-state index contributed by atoms with van der Waals surface area (Å²) in [5.41, 5.74) is 2.75. The highest BCUT2D eigenvalue weighted by Gasteiger charge is 2.15. The van der Waals surface area contributed by atoms with Crippen molar-refractivity contribution in [1.29, 1.82) is 0 Å². The highest BCUT2D eigenvalue weighted by Crippen LogP contribution is 2.22. The number of carbonyl (C=O) groups is 1. The van der Waals surface area contributed by atoms with Crippen molar-refractivity contribution in [2.75, 3.05) is 24.2 Å². The lowest BCUT2D eigenvalue weighted by Crippen LogP contribution is -2.27. The van der Waals surface area contributed by atoms with E-state index in [1.165, 1.54) is 23.5 Å². The molecule has 2 aromatic carbocycles. The maximum atomic E-state index is 12.9. The number of hydrogen-bond acceptors (Lipinski definition) is 3. The zero-order chi connectivity index (χ0) is 19.3. The van der Waals surface area contributed by atoms with Crippen LogP contribution in [-0.4, -0.2) is 34.2 Å². The van der Waals surface area contributed by atoms with E-state index in [1.807, 2.05) is 0 Å². The van der Waals surface area contributed by atoms with E-state index < -0.39 is 10.0 Å². The van der Waals surface area contributed by atoms with Crippen molar-refractivity contribution in [2.24, 2.45) is 0 Å². The van der Waals surface area contributed by atoms with Crippen LogP contribution in [0.1, 0.15) is 27.9 Å². The van der Waals surface area contributed by atoms with Gasteiger partial charge in [-0.2, -0.15) is 0 Å². The quantitative estimate of drug-likeness (QED) is 0.754. The highest BCUT2D eigenvalue weighted by atomic mass is 32.2. The van der Waals surface area contributed by atoms with Crippen LogP contribution in [0.4, 0.5) is 10.1 Å². The van der Waals surface area contributed by atoms with Gasteiger partial charge in [0, 0.05) is 19.2 Å². The van der Waals surface area contributed by atoms with Crippen molar-refractivity contribution in [1.82, 2.24) is 5.32 Å². The summed E-state index contributed by atoms with van der Waals surface area (Å²) in [6, 6.07) is 11.2. The fourth-order valence-electron chi connectivity index (χ4n) is 2.58. The maximum Gasteiger partial charge on any atom is 0.251 e. The van der Waals surface area contributed by atoms with Gasteiger partial charge in [-0.15, -0.1) is 0 Å². The first-order valence-electron chi connectivity index (χ1n) is 8.25. The van der Waals surface area contributed by atoms with Crippen molar-refractivity contribution in [3.63, 3.8) is 0 Å². The normalized spacial score (nSPS) is 11.2. The van der Waals surface area contributed by atoms with Gasteiger partial charge >= 0.3 is 0 Å². The number of nitrogens with zero attached hydrogens (tertiary/aromatic N) is 1. The van der Waals surface area contributed by atoms with Crippen molar-refractivity contribution in [2.45, 2.75) is 19.8 Å². The average Bonchev–Trinajstić information content (AvgIpc) is 2.58. The Balaban J connectivity index is 1.91. The molecule has 0 aromatic heterocycles. The minimum absolute atomic E-state index is 0.208. The van der Waals surface area contributed by atoms with Gasteiger partial charge < -0.3 is 5.32 Å². The fraction of sp³-hybridized carbons (Fsp3) is 0.316. The van der Waals surface area contributed by atoms with E-state index in [1.54, 1.807) is 37.3 Å². The van der Waals surface area contributed by atoms with Crippen LogP contribution < -0.4 is 9.62 Å². The van der Waals surface area contributed by atoms with Crippen LogP contribution in [-0.2, 0) is 16.4 Å². The summed E-state index contributed by atoms with van der Waals surface area (Å²) in [5, 5.41) is 2.84. The monoisotopic (exact) mass is 378 g/mol. The molecule has 2 rings (SSSR count). The summed E-state index contributed by atoms with van der Waals surface area (Å²) >= 11 is 0. The first-order valence-corrected chi connectivity index (χ1v) is 10.1. The van der Waals surface area contributed by atoms with E-state index in [-0.39, 0.29) is 11.7 Å². The van der Waals surface area contributed by atoms with Crippen molar-refractivity contribution >= 4 is 21.6 Å². The Kier molecular flexibility index (Phi) is 6.37. The second kappa shape index (κ2) is 8.31. The third-order valence-electron chi connectivity index (χ3n) is 4.14. The first-order chi connectivity index (χ1) is 12.2. The van der Waals surface area contributed by atoms with Crippen LogP contribution in [0, 0.1) is 12.7 Å². The Morgan fingerprint density at radius 1 is 1.15 bits per heavy atom. The number of nitrogens with one attached hydrogen (secondary N) is 1. The second-order valence-electron chi connectivity index (χ2n) is 6.22. The van der Waals surface area contributed by atoms with E-state index >= 15 is 0 Å². The summed E-state index contributed by atoms with van der Waals surface area (Å²) in [7, 11) is -1.87. The smallest absolute Gasteiger partial charge is 0.251 e. The molecule has 0 unspecified atom stereocenters. The summed E-state index contributed by atoms with van der Waals surface area (Å²) in [5.74, 6) is -0.469. The molecular formula is C19H23FN2O3S.